The lowest BCUT2D eigenvalue weighted by atomic mass is 9.59. The predicted molar refractivity (Wildman–Crippen MR) is 55.6 cm³/mol. The number of hydrogen-bond donors (Lipinski definition) is 1. The van der Waals surface area contributed by atoms with Gasteiger partial charge < -0.3 is 5.73 Å². The van der Waals surface area contributed by atoms with E-state index in [1.54, 1.807) is 0 Å². The Morgan fingerprint density at radius 1 is 1.46 bits per heavy atom. The van der Waals surface area contributed by atoms with Gasteiger partial charge in [0.25, 0.3) is 0 Å². The summed E-state index contributed by atoms with van der Waals surface area (Å²) in [5.41, 5.74) is 6.96. The van der Waals surface area contributed by atoms with Crippen LogP contribution in [0.2, 0.25) is 0 Å². The molecule has 0 radical (unpaired) electrons. The predicted octanol–water partition coefficient (Wildman–Crippen LogP) is 1.60. The number of hydrogen-bond acceptors (Lipinski definition) is 2. The zero-order valence-electron chi connectivity index (χ0n) is 9.14. The first-order valence-corrected chi connectivity index (χ1v) is 5.51. The molecule has 1 aliphatic carbocycles. The van der Waals surface area contributed by atoms with Crippen LogP contribution in [0.1, 0.15) is 40.0 Å². The average molecular weight is 182 g/mol. The van der Waals surface area contributed by atoms with Crippen molar-refractivity contribution in [3.05, 3.63) is 0 Å². The Balaban J connectivity index is 1.91. The van der Waals surface area contributed by atoms with E-state index < -0.39 is 0 Å². The second-order valence-electron chi connectivity index (χ2n) is 5.53. The molecule has 0 aromatic carbocycles. The summed E-state index contributed by atoms with van der Waals surface area (Å²) in [6.45, 7) is 9.43. The number of rotatable bonds is 2. The summed E-state index contributed by atoms with van der Waals surface area (Å²) < 4.78 is 0. The zero-order valence-corrected chi connectivity index (χ0v) is 9.14. The molecule has 2 fully saturated rings. The van der Waals surface area contributed by atoms with E-state index in [9.17, 15) is 0 Å². The number of nitrogens with zero attached hydrogens (tertiary/aromatic N) is 1. The minimum Gasteiger partial charge on any atom is -0.327 e. The molecule has 1 atom stereocenters. The van der Waals surface area contributed by atoms with E-state index in [0.717, 1.165) is 0 Å². The Morgan fingerprint density at radius 3 is 2.38 bits per heavy atom. The van der Waals surface area contributed by atoms with Crippen molar-refractivity contribution in [3.63, 3.8) is 0 Å². The average Bonchev–Trinajstić information content (AvgIpc) is 1.99. The van der Waals surface area contributed by atoms with Crippen LogP contribution < -0.4 is 5.73 Å². The van der Waals surface area contributed by atoms with Gasteiger partial charge in [0, 0.05) is 30.1 Å². The van der Waals surface area contributed by atoms with Crippen LogP contribution >= 0.6 is 0 Å². The van der Waals surface area contributed by atoms with E-state index in [1.807, 2.05) is 0 Å². The van der Waals surface area contributed by atoms with E-state index in [1.165, 1.54) is 32.4 Å². The lowest BCUT2D eigenvalue weighted by molar-refractivity contribution is -0.123. The smallest absolute Gasteiger partial charge is 0.0151 e. The molecule has 2 aliphatic rings. The van der Waals surface area contributed by atoms with Gasteiger partial charge in [-0.25, -0.2) is 0 Å². The van der Waals surface area contributed by atoms with Crippen LogP contribution in [0, 0.1) is 5.41 Å². The van der Waals surface area contributed by atoms with E-state index in [-0.39, 0.29) is 0 Å². The van der Waals surface area contributed by atoms with Crippen molar-refractivity contribution in [3.8, 4) is 0 Å². The minimum absolute atomic E-state index is 0.389. The van der Waals surface area contributed by atoms with Crippen molar-refractivity contribution < 1.29 is 0 Å². The third-order valence-corrected chi connectivity index (χ3v) is 4.47. The van der Waals surface area contributed by atoms with Gasteiger partial charge in [-0.3, -0.25) is 4.90 Å². The molecule has 2 N–H and O–H groups in total. The molecule has 0 aromatic rings. The Kier molecular flexibility index (Phi) is 1.97. The molecule has 1 saturated heterocycles. The summed E-state index contributed by atoms with van der Waals surface area (Å²) in [6, 6.07) is 0.497. The molecular weight excluding hydrogens is 160 g/mol. The van der Waals surface area contributed by atoms with Gasteiger partial charge in [-0.1, -0.05) is 6.92 Å². The molecule has 76 valence electrons. The monoisotopic (exact) mass is 182 g/mol. The first kappa shape index (κ1) is 9.47. The molecule has 2 heteroatoms. The lowest BCUT2D eigenvalue weighted by Crippen LogP contribution is -2.72. The van der Waals surface area contributed by atoms with Crippen LogP contribution in [0.5, 0.6) is 0 Å². The number of nitrogens with two attached hydrogens (primary N) is 1. The molecule has 2 rings (SSSR count). The minimum atomic E-state index is 0.389. The van der Waals surface area contributed by atoms with Crippen LogP contribution in [0.15, 0.2) is 0 Å². The molecular formula is C11H22N2. The third-order valence-electron chi connectivity index (χ3n) is 4.47. The van der Waals surface area contributed by atoms with Gasteiger partial charge in [-0.05, 0) is 33.1 Å². The first-order valence-electron chi connectivity index (χ1n) is 5.51. The van der Waals surface area contributed by atoms with Gasteiger partial charge in [0.2, 0.25) is 0 Å². The maximum atomic E-state index is 6.04. The quantitative estimate of drug-likeness (QED) is 0.703. The summed E-state index contributed by atoms with van der Waals surface area (Å²) >= 11 is 0. The van der Waals surface area contributed by atoms with Gasteiger partial charge in [0.05, 0.1) is 0 Å². The van der Waals surface area contributed by atoms with Crippen molar-refractivity contribution in [1.29, 1.82) is 0 Å². The highest BCUT2D eigenvalue weighted by molar-refractivity contribution is 5.10. The van der Waals surface area contributed by atoms with Gasteiger partial charge in [0.15, 0.2) is 0 Å². The molecule has 13 heavy (non-hydrogen) atoms. The van der Waals surface area contributed by atoms with Gasteiger partial charge in [0.1, 0.15) is 0 Å². The van der Waals surface area contributed by atoms with Crippen molar-refractivity contribution >= 4 is 0 Å². The molecule has 1 spiro atoms. The molecule has 1 aliphatic heterocycles. The summed E-state index contributed by atoms with van der Waals surface area (Å²) in [5, 5.41) is 0. The van der Waals surface area contributed by atoms with E-state index in [4.69, 9.17) is 5.73 Å². The Bertz CT molecular complexity index is 204. The second kappa shape index (κ2) is 2.71. The summed E-state index contributed by atoms with van der Waals surface area (Å²) in [6.07, 6.45) is 3.85. The Hall–Kier alpha value is -0.0800. The number of likely N-dealkylation sites (tertiary alicyclic amines) is 1. The van der Waals surface area contributed by atoms with E-state index in [2.05, 4.69) is 25.7 Å². The highest BCUT2D eigenvalue weighted by Crippen LogP contribution is 2.49. The van der Waals surface area contributed by atoms with Crippen molar-refractivity contribution in [2.75, 3.05) is 13.1 Å². The zero-order chi connectivity index (χ0) is 9.69. The fourth-order valence-electron chi connectivity index (χ4n) is 2.48. The fraction of sp³-hybridized carbons (Fsp3) is 1.00. The summed E-state index contributed by atoms with van der Waals surface area (Å²) in [7, 11) is 0. The molecule has 0 bridgehead atoms. The fourth-order valence-corrected chi connectivity index (χ4v) is 2.48. The van der Waals surface area contributed by atoms with Crippen molar-refractivity contribution in [2.24, 2.45) is 11.1 Å². The van der Waals surface area contributed by atoms with Crippen LogP contribution in [0.25, 0.3) is 0 Å². The highest BCUT2D eigenvalue weighted by atomic mass is 15.3. The molecule has 0 amide bonds. The Morgan fingerprint density at radius 2 is 2.08 bits per heavy atom. The van der Waals surface area contributed by atoms with Gasteiger partial charge >= 0.3 is 0 Å². The lowest BCUT2D eigenvalue weighted by Gasteiger charge is -2.63. The molecule has 0 aromatic heterocycles. The normalized spacial score (nSPS) is 32.8. The molecule has 2 nitrogen and oxygen atoms in total. The van der Waals surface area contributed by atoms with Crippen molar-refractivity contribution in [1.82, 2.24) is 4.90 Å². The van der Waals surface area contributed by atoms with Crippen molar-refractivity contribution in [2.45, 2.75) is 51.6 Å². The van der Waals surface area contributed by atoms with Crippen LogP contribution in [0.3, 0.4) is 0 Å². The third kappa shape index (κ3) is 1.23. The molecule has 1 saturated carbocycles. The molecule has 0 unspecified atom stereocenters. The standard InChI is InChI=1S/C11H22N2/c1-4-10(2,3)13-7-11(8-13)6-5-9(11)12/h9H,4-8,12H2,1-3H3/t9-/m1/s1. The van der Waals surface area contributed by atoms with E-state index in [0.29, 0.717) is 17.0 Å². The highest BCUT2D eigenvalue weighted by Gasteiger charge is 2.55. The summed E-state index contributed by atoms with van der Waals surface area (Å²) in [5.74, 6) is 0. The topological polar surface area (TPSA) is 29.3 Å². The van der Waals surface area contributed by atoms with Gasteiger partial charge in [-0.2, -0.15) is 0 Å². The molecule has 1 heterocycles. The second-order valence-corrected chi connectivity index (χ2v) is 5.53. The first-order chi connectivity index (χ1) is 6.00. The van der Waals surface area contributed by atoms with Crippen LogP contribution in [0.4, 0.5) is 0 Å². The maximum absolute atomic E-state index is 6.04. The van der Waals surface area contributed by atoms with Crippen LogP contribution in [-0.4, -0.2) is 29.6 Å². The van der Waals surface area contributed by atoms with Gasteiger partial charge in [-0.15, -0.1) is 0 Å². The maximum Gasteiger partial charge on any atom is 0.0151 e. The Labute approximate surface area is 81.5 Å². The largest absolute Gasteiger partial charge is 0.327 e. The van der Waals surface area contributed by atoms with Crippen LogP contribution in [-0.2, 0) is 0 Å². The summed E-state index contributed by atoms with van der Waals surface area (Å²) in [4.78, 5) is 2.59. The van der Waals surface area contributed by atoms with E-state index >= 15 is 0 Å². The SMILES string of the molecule is CCC(C)(C)N1CC2(CC[C@H]2N)C1.